The maximum Gasteiger partial charge on any atom is 0.416 e. The molecule has 4 heterocycles. The first-order valence-corrected chi connectivity index (χ1v) is 17.2. The number of piperidine rings is 2. The third-order valence-electron chi connectivity index (χ3n) is 10.00. The van der Waals surface area contributed by atoms with Crippen LogP contribution in [0.2, 0.25) is 0 Å². The van der Waals surface area contributed by atoms with Gasteiger partial charge in [-0.25, -0.2) is 0 Å². The van der Waals surface area contributed by atoms with E-state index in [1.165, 1.54) is 16.2 Å². The van der Waals surface area contributed by atoms with Crippen LogP contribution in [0.5, 0.6) is 0 Å². The number of thiophene rings is 1. The summed E-state index contributed by atoms with van der Waals surface area (Å²) >= 11 is 1.52. The van der Waals surface area contributed by atoms with Gasteiger partial charge in [0.05, 0.1) is 16.7 Å². The quantitative estimate of drug-likeness (QED) is 0.263. The van der Waals surface area contributed by atoms with Crippen LogP contribution in [0.1, 0.15) is 63.1 Å². The number of rotatable bonds is 6. The molecule has 6 nitrogen and oxygen atoms in total. The van der Waals surface area contributed by atoms with E-state index in [9.17, 15) is 35.9 Å². The van der Waals surface area contributed by atoms with Crippen molar-refractivity contribution < 1.29 is 35.9 Å². The van der Waals surface area contributed by atoms with Crippen LogP contribution in [-0.4, -0.2) is 95.4 Å². The van der Waals surface area contributed by atoms with Crippen molar-refractivity contribution in [2.24, 2.45) is 0 Å². The average Bonchev–Trinajstić information content (AvgIpc) is 3.63. The highest BCUT2D eigenvalue weighted by atomic mass is 32.1. The number of likely N-dealkylation sites (tertiary alicyclic amines) is 2. The van der Waals surface area contributed by atoms with Gasteiger partial charge in [-0.1, -0.05) is 30.3 Å². The molecule has 2 aromatic carbocycles. The van der Waals surface area contributed by atoms with Crippen molar-refractivity contribution in [2.75, 3.05) is 45.8 Å². The topological polar surface area (TPSA) is 47.1 Å². The third kappa shape index (κ3) is 7.89. The SMILES string of the molecule is O=C(c1ccsc1)N1CCC(N2CCN([C@H]3CCN(C(=O)c4cc(C(F)(F)F)cc(C(F)(F)F)c4)[C@H](Cc4ccccc4)C3)CC2)CC1. The van der Waals surface area contributed by atoms with Crippen molar-refractivity contribution in [3.8, 4) is 0 Å². The summed E-state index contributed by atoms with van der Waals surface area (Å²) in [6.07, 6.45) is -6.65. The maximum absolute atomic E-state index is 13.7. The Morgan fingerprint density at radius 3 is 1.83 bits per heavy atom. The van der Waals surface area contributed by atoms with Crippen molar-refractivity contribution in [3.05, 3.63) is 93.2 Å². The molecule has 0 N–H and O–H groups in total. The van der Waals surface area contributed by atoms with Gasteiger partial charge in [0.1, 0.15) is 0 Å². The maximum atomic E-state index is 13.7. The number of carbonyl (C=O) groups excluding carboxylic acids is 2. The smallest absolute Gasteiger partial charge is 0.339 e. The number of nitrogens with zero attached hydrogens (tertiary/aromatic N) is 4. The highest BCUT2D eigenvalue weighted by Gasteiger charge is 2.40. The molecule has 0 unspecified atom stereocenters. The number of halogens is 6. The van der Waals surface area contributed by atoms with E-state index < -0.39 is 41.0 Å². The fourth-order valence-corrected chi connectivity index (χ4v) is 8.05. The van der Waals surface area contributed by atoms with Crippen LogP contribution in [0.15, 0.2) is 65.4 Å². The molecule has 0 spiro atoms. The van der Waals surface area contributed by atoms with Gasteiger partial charge in [0.15, 0.2) is 0 Å². The first-order chi connectivity index (χ1) is 22.9. The summed E-state index contributed by atoms with van der Waals surface area (Å²) in [4.78, 5) is 34.8. The summed E-state index contributed by atoms with van der Waals surface area (Å²) in [7, 11) is 0. The number of benzene rings is 2. The molecule has 0 radical (unpaired) electrons. The first kappa shape index (κ1) is 34.4. The zero-order chi connectivity index (χ0) is 34.1. The van der Waals surface area contributed by atoms with E-state index in [4.69, 9.17) is 0 Å². The normalized spacial score (nSPS) is 22.2. The molecule has 258 valence electrons. The van der Waals surface area contributed by atoms with Crippen molar-refractivity contribution in [2.45, 2.75) is 62.6 Å². The molecule has 13 heteroatoms. The van der Waals surface area contributed by atoms with Gasteiger partial charge in [-0.3, -0.25) is 19.4 Å². The molecule has 3 saturated heterocycles. The molecule has 3 aliphatic heterocycles. The fraction of sp³-hybridized carbons (Fsp3) is 0.486. The lowest BCUT2D eigenvalue weighted by Crippen LogP contribution is -2.58. The molecule has 3 aromatic rings. The summed E-state index contributed by atoms with van der Waals surface area (Å²) < 4.78 is 81.6. The van der Waals surface area contributed by atoms with Crippen molar-refractivity contribution in [1.82, 2.24) is 19.6 Å². The minimum absolute atomic E-state index is 0.0536. The Bertz CT molecular complexity index is 1520. The van der Waals surface area contributed by atoms with Crippen molar-refractivity contribution in [3.63, 3.8) is 0 Å². The Morgan fingerprint density at radius 2 is 1.27 bits per heavy atom. The standard InChI is InChI=1S/C35H38F6N4O2S/c36-34(37,38)27-19-26(20-28(21-27)35(39,40)41)33(47)45-12-8-30(22-31(45)18-24-4-2-1-3-5-24)43-15-13-42(14-16-43)29-6-10-44(11-7-29)32(46)25-9-17-48-23-25/h1-5,9,17,19-21,23,29-31H,6-8,10-16,18,22H2/t30-,31+/m0/s1. The molecular weight excluding hydrogens is 654 g/mol. The molecule has 0 saturated carbocycles. The molecule has 2 amide bonds. The van der Waals surface area contributed by atoms with E-state index in [1.807, 2.05) is 52.1 Å². The number of amides is 2. The summed E-state index contributed by atoms with van der Waals surface area (Å²) in [5.41, 5.74) is -1.91. The van der Waals surface area contributed by atoms with Crippen LogP contribution in [0.4, 0.5) is 26.3 Å². The van der Waals surface area contributed by atoms with Gasteiger partial charge in [0.2, 0.25) is 0 Å². The van der Waals surface area contributed by atoms with Gasteiger partial charge in [0.25, 0.3) is 11.8 Å². The predicted octanol–water partition coefficient (Wildman–Crippen LogP) is 6.92. The Kier molecular flexibility index (Phi) is 10.2. The Labute approximate surface area is 279 Å². The van der Waals surface area contributed by atoms with Crippen molar-refractivity contribution >= 4 is 23.2 Å². The lowest BCUT2D eigenvalue weighted by atomic mass is 9.90. The highest BCUT2D eigenvalue weighted by molar-refractivity contribution is 7.08. The van der Waals surface area contributed by atoms with E-state index in [1.54, 1.807) is 0 Å². The van der Waals surface area contributed by atoms with Crippen LogP contribution in [-0.2, 0) is 18.8 Å². The van der Waals surface area contributed by atoms with Crippen LogP contribution < -0.4 is 0 Å². The summed E-state index contributed by atoms with van der Waals surface area (Å²) in [6.45, 7) is 5.08. The molecule has 48 heavy (non-hydrogen) atoms. The van der Waals surface area contributed by atoms with E-state index in [0.29, 0.717) is 37.4 Å². The Hall–Kier alpha value is -3.42. The number of hydrogen-bond acceptors (Lipinski definition) is 5. The van der Waals surface area contributed by atoms with E-state index in [2.05, 4.69) is 9.80 Å². The predicted molar refractivity (Wildman–Crippen MR) is 171 cm³/mol. The van der Waals surface area contributed by atoms with E-state index in [0.717, 1.165) is 63.2 Å². The zero-order valence-electron chi connectivity index (χ0n) is 26.3. The van der Waals surface area contributed by atoms with Gasteiger partial charge in [-0.2, -0.15) is 37.7 Å². The molecule has 3 fully saturated rings. The zero-order valence-corrected chi connectivity index (χ0v) is 27.2. The van der Waals surface area contributed by atoms with Crippen LogP contribution in [0, 0.1) is 0 Å². The average molecular weight is 693 g/mol. The van der Waals surface area contributed by atoms with Gasteiger partial charge in [0, 0.05) is 74.9 Å². The van der Waals surface area contributed by atoms with Gasteiger partial charge < -0.3 is 9.80 Å². The molecule has 0 bridgehead atoms. The summed E-state index contributed by atoms with van der Waals surface area (Å²) in [6, 6.07) is 12.5. The fourth-order valence-electron chi connectivity index (χ4n) is 7.42. The number of carbonyl (C=O) groups is 2. The molecule has 0 aliphatic carbocycles. The number of hydrogen-bond donors (Lipinski definition) is 0. The molecule has 2 atom stereocenters. The second kappa shape index (κ2) is 14.2. The third-order valence-corrected chi connectivity index (χ3v) is 10.7. The number of alkyl halides is 6. The van der Waals surface area contributed by atoms with Crippen molar-refractivity contribution in [1.29, 1.82) is 0 Å². The second-order valence-corrected chi connectivity index (χ2v) is 13.7. The second-order valence-electron chi connectivity index (χ2n) is 12.9. The lowest BCUT2D eigenvalue weighted by Gasteiger charge is -2.48. The molecular formula is C35H38F6N4O2S. The summed E-state index contributed by atoms with van der Waals surface area (Å²) in [5, 5.41) is 3.79. The molecule has 1 aromatic heterocycles. The molecule has 3 aliphatic rings. The van der Waals surface area contributed by atoms with Crippen LogP contribution in [0.25, 0.3) is 0 Å². The Balaban J connectivity index is 1.11. The van der Waals surface area contributed by atoms with Gasteiger partial charge in [-0.05, 0) is 67.3 Å². The highest BCUT2D eigenvalue weighted by Crippen LogP contribution is 2.37. The van der Waals surface area contributed by atoms with Crippen LogP contribution >= 0.6 is 11.3 Å². The van der Waals surface area contributed by atoms with Gasteiger partial charge >= 0.3 is 12.4 Å². The minimum atomic E-state index is -5.03. The Morgan fingerprint density at radius 1 is 0.688 bits per heavy atom. The largest absolute Gasteiger partial charge is 0.416 e. The van der Waals surface area contributed by atoms with Gasteiger partial charge in [-0.15, -0.1) is 0 Å². The monoisotopic (exact) mass is 692 g/mol. The number of piperazine rings is 1. The van der Waals surface area contributed by atoms with E-state index in [-0.39, 0.29) is 24.6 Å². The lowest BCUT2D eigenvalue weighted by molar-refractivity contribution is -0.143. The first-order valence-electron chi connectivity index (χ1n) is 16.3. The minimum Gasteiger partial charge on any atom is -0.339 e. The van der Waals surface area contributed by atoms with E-state index >= 15 is 0 Å². The van der Waals surface area contributed by atoms with Crippen LogP contribution in [0.3, 0.4) is 0 Å². The summed E-state index contributed by atoms with van der Waals surface area (Å²) in [5.74, 6) is -0.733. The molecule has 6 rings (SSSR count).